The molecule has 104 valence electrons. The summed E-state index contributed by atoms with van der Waals surface area (Å²) in [4.78, 5) is 11.3. The number of benzene rings is 2. The number of halogens is 1. The van der Waals surface area contributed by atoms with Crippen molar-refractivity contribution in [3.05, 3.63) is 59.9 Å². The van der Waals surface area contributed by atoms with E-state index in [2.05, 4.69) is 4.74 Å². The lowest BCUT2D eigenvalue weighted by Gasteiger charge is -2.09. The molecule has 0 fully saturated rings. The predicted molar refractivity (Wildman–Crippen MR) is 75.5 cm³/mol. The molecule has 0 saturated heterocycles. The van der Waals surface area contributed by atoms with E-state index in [4.69, 9.17) is 5.73 Å². The van der Waals surface area contributed by atoms with Crippen LogP contribution in [0.5, 0.6) is 0 Å². The second-order valence-electron chi connectivity index (χ2n) is 4.54. The van der Waals surface area contributed by atoms with Gasteiger partial charge in [0.2, 0.25) is 0 Å². The maximum Gasteiger partial charge on any atom is 0.322 e. The Labute approximate surface area is 117 Å². The topological polar surface area (TPSA) is 52.3 Å². The van der Waals surface area contributed by atoms with E-state index >= 15 is 0 Å². The average Bonchev–Trinajstić information content (AvgIpc) is 2.48. The van der Waals surface area contributed by atoms with E-state index in [1.54, 1.807) is 12.1 Å². The van der Waals surface area contributed by atoms with Gasteiger partial charge in [0, 0.05) is 0 Å². The highest BCUT2D eigenvalue weighted by molar-refractivity contribution is 5.75. The lowest BCUT2D eigenvalue weighted by atomic mass is 10.0. The molecule has 0 saturated carbocycles. The number of rotatable bonds is 4. The fourth-order valence-corrected chi connectivity index (χ4v) is 1.96. The standard InChI is InChI=1S/C16H16FNO2/c1-20-16(19)15(18)10-11-2-4-12(5-3-11)13-6-8-14(17)9-7-13/h2-9,15H,10,18H2,1H3/t15-/m0/s1. The Morgan fingerprint density at radius 1 is 1.10 bits per heavy atom. The van der Waals surface area contributed by atoms with Crippen LogP contribution in [-0.4, -0.2) is 19.1 Å². The van der Waals surface area contributed by atoms with E-state index in [9.17, 15) is 9.18 Å². The number of ether oxygens (including phenoxy) is 1. The van der Waals surface area contributed by atoms with Crippen LogP contribution in [0.25, 0.3) is 11.1 Å². The van der Waals surface area contributed by atoms with Gasteiger partial charge in [-0.3, -0.25) is 4.79 Å². The Kier molecular flexibility index (Phi) is 4.48. The fraction of sp³-hybridized carbons (Fsp3) is 0.188. The summed E-state index contributed by atoms with van der Waals surface area (Å²) >= 11 is 0. The quantitative estimate of drug-likeness (QED) is 0.871. The highest BCUT2D eigenvalue weighted by Gasteiger charge is 2.13. The highest BCUT2D eigenvalue weighted by atomic mass is 19.1. The van der Waals surface area contributed by atoms with E-state index < -0.39 is 12.0 Å². The molecule has 0 heterocycles. The molecule has 0 aliphatic rings. The first-order valence-corrected chi connectivity index (χ1v) is 6.28. The minimum absolute atomic E-state index is 0.255. The van der Waals surface area contributed by atoms with Crippen LogP contribution in [0.1, 0.15) is 5.56 Å². The van der Waals surface area contributed by atoms with Gasteiger partial charge in [0.05, 0.1) is 7.11 Å². The summed E-state index contributed by atoms with van der Waals surface area (Å²) in [6, 6.07) is 13.3. The van der Waals surface area contributed by atoms with Crippen LogP contribution < -0.4 is 5.73 Å². The third kappa shape index (κ3) is 3.42. The number of hydrogen-bond acceptors (Lipinski definition) is 3. The summed E-state index contributed by atoms with van der Waals surface area (Å²) in [5.41, 5.74) is 8.59. The van der Waals surface area contributed by atoms with E-state index in [1.807, 2.05) is 24.3 Å². The van der Waals surface area contributed by atoms with Gasteiger partial charge in [-0.25, -0.2) is 4.39 Å². The summed E-state index contributed by atoms with van der Waals surface area (Å²) in [7, 11) is 1.32. The van der Waals surface area contributed by atoms with Gasteiger partial charge in [-0.2, -0.15) is 0 Å². The number of esters is 1. The molecule has 2 aromatic rings. The summed E-state index contributed by atoms with van der Waals surface area (Å²) in [5, 5.41) is 0. The van der Waals surface area contributed by atoms with Crippen molar-refractivity contribution < 1.29 is 13.9 Å². The first-order valence-electron chi connectivity index (χ1n) is 6.28. The van der Waals surface area contributed by atoms with Crippen molar-refractivity contribution in [2.24, 2.45) is 5.73 Å². The number of carbonyl (C=O) groups is 1. The number of carbonyl (C=O) groups excluding carboxylic acids is 1. The minimum atomic E-state index is -0.656. The van der Waals surface area contributed by atoms with Crippen molar-refractivity contribution in [3.63, 3.8) is 0 Å². The molecule has 4 heteroatoms. The SMILES string of the molecule is COC(=O)[C@@H](N)Cc1ccc(-c2ccc(F)cc2)cc1. The Morgan fingerprint density at radius 2 is 1.60 bits per heavy atom. The van der Waals surface area contributed by atoms with E-state index in [-0.39, 0.29) is 5.82 Å². The molecule has 1 atom stereocenters. The normalized spacial score (nSPS) is 11.9. The van der Waals surface area contributed by atoms with Crippen LogP contribution in [0.15, 0.2) is 48.5 Å². The molecule has 0 amide bonds. The van der Waals surface area contributed by atoms with E-state index in [0.29, 0.717) is 6.42 Å². The molecule has 2 rings (SSSR count). The number of hydrogen-bond donors (Lipinski definition) is 1. The van der Waals surface area contributed by atoms with Crippen molar-refractivity contribution in [2.75, 3.05) is 7.11 Å². The third-order valence-corrected chi connectivity index (χ3v) is 3.09. The maximum absolute atomic E-state index is 12.9. The van der Waals surface area contributed by atoms with Crippen LogP contribution in [-0.2, 0) is 16.0 Å². The molecule has 0 aliphatic heterocycles. The smallest absolute Gasteiger partial charge is 0.322 e. The second-order valence-corrected chi connectivity index (χ2v) is 4.54. The van der Waals surface area contributed by atoms with Gasteiger partial charge in [-0.1, -0.05) is 36.4 Å². The summed E-state index contributed by atoms with van der Waals surface area (Å²) in [5.74, 6) is -0.679. The minimum Gasteiger partial charge on any atom is -0.468 e. The lowest BCUT2D eigenvalue weighted by Crippen LogP contribution is -2.33. The van der Waals surface area contributed by atoms with E-state index in [0.717, 1.165) is 16.7 Å². The maximum atomic E-state index is 12.9. The zero-order chi connectivity index (χ0) is 14.5. The number of methoxy groups -OCH3 is 1. The average molecular weight is 273 g/mol. The van der Waals surface area contributed by atoms with Crippen LogP contribution in [0.3, 0.4) is 0 Å². The third-order valence-electron chi connectivity index (χ3n) is 3.09. The summed E-state index contributed by atoms with van der Waals surface area (Å²) < 4.78 is 17.5. The zero-order valence-corrected chi connectivity index (χ0v) is 11.2. The Morgan fingerprint density at radius 3 is 2.10 bits per heavy atom. The molecular formula is C16H16FNO2. The van der Waals surface area contributed by atoms with Crippen LogP contribution in [0.2, 0.25) is 0 Å². The molecule has 0 unspecified atom stereocenters. The second kappa shape index (κ2) is 6.30. The molecule has 2 N–H and O–H groups in total. The Balaban J connectivity index is 2.10. The fourth-order valence-electron chi connectivity index (χ4n) is 1.96. The molecular weight excluding hydrogens is 257 g/mol. The van der Waals surface area contributed by atoms with Crippen LogP contribution in [0, 0.1) is 5.82 Å². The van der Waals surface area contributed by atoms with Crippen molar-refractivity contribution in [1.82, 2.24) is 0 Å². The highest BCUT2D eigenvalue weighted by Crippen LogP contribution is 2.20. The van der Waals surface area contributed by atoms with Crippen molar-refractivity contribution >= 4 is 5.97 Å². The predicted octanol–water partition coefficient (Wildman–Crippen LogP) is 2.54. The molecule has 2 aromatic carbocycles. The Bertz CT molecular complexity index is 578. The molecule has 0 aliphatic carbocycles. The first-order chi connectivity index (χ1) is 9.60. The molecule has 0 spiro atoms. The van der Waals surface area contributed by atoms with Crippen molar-refractivity contribution in [3.8, 4) is 11.1 Å². The summed E-state index contributed by atoms with van der Waals surface area (Å²) in [6.45, 7) is 0. The molecule has 20 heavy (non-hydrogen) atoms. The molecule has 0 bridgehead atoms. The lowest BCUT2D eigenvalue weighted by molar-refractivity contribution is -0.142. The molecule has 3 nitrogen and oxygen atoms in total. The van der Waals surface area contributed by atoms with Gasteiger partial charge in [-0.15, -0.1) is 0 Å². The largest absolute Gasteiger partial charge is 0.468 e. The van der Waals surface area contributed by atoms with Gasteiger partial charge in [-0.05, 0) is 35.2 Å². The monoisotopic (exact) mass is 273 g/mol. The van der Waals surface area contributed by atoms with Gasteiger partial charge in [0.1, 0.15) is 11.9 Å². The summed E-state index contributed by atoms with van der Waals surface area (Å²) in [6.07, 6.45) is 0.427. The molecule has 0 radical (unpaired) electrons. The molecule has 0 aromatic heterocycles. The van der Waals surface area contributed by atoms with Crippen molar-refractivity contribution in [2.45, 2.75) is 12.5 Å². The van der Waals surface area contributed by atoms with E-state index in [1.165, 1.54) is 19.2 Å². The van der Waals surface area contributed by atoms with Gasteiger partial charge in [0.25, 0.3) is 0 Å². The zero-order valence-electron chi connectivity index (χ0n) is 11.2. The first kappa shape index (κ1) is 14.2. The number of nitrogens with two attached hydrogens (primary N) is 1. The van der Waals surface area contributed by atoms with Crippen molar-refractivity contribution in [1.29, 1.82) is 0 Å². The van der Waals surface area contributed by atoms with Gasteiger partial charge < -0.3 is 10.5 Å². The van der Waals surface area contributed by atoms with Gasteiger partial charge >= 0.3 is 5.97 Å². The van der Waals surface area contributed by atoms with Gasteiger partial charge in [0.15, 0.2) is 0 Å². The van der Waals surface area contributed by atoms with Crippen LogP contribution in [0.4, 0.5) is 4.39 Å². The van der Waals surface area contributed by atoms with Crippen LogP contribution >= 0.6 is 0 Å². The Hall–Kier alpha value is -2.20.